The summed E-state index contributed by atoms with van der Waals surface area (Å²) in [4.78, 5) is 41.0. The Bertz CT molecular complexity index is 1110. The van der Waals surface area contributed by atoms with Crippen LogP contribution >= 0.6 is 0 Å². The first-order valence-electron chi connectivity index (χ1n) is 10.1. The number of urea groups is 1. The van der Waals surface area contributed by atoms with Crippen molar-refractivity contribution in [1.82, 2.24) is 15.1 Å². The maximum Gasteiger partial charge on any atom is 0.325 e. The van der Waals surface area contributed by atoms with Crippen LogP contribution in [-0.4, -0.2) is 53.9 Å². The minimum atomic E-state index is -1.37. The predicted octanol–water partition coefficient (Wildman–Crippen LogP) is 2.06. The van der Waals surface area contributed by atoms with Crippen LogP contribution in [0.3, 0.4) is 0 Å². The van der Waals surface area contributed by atoms with E-state index in [0.29, 0.717) is 17.7 Å². The zero-order valence-corrected chi connectivity index (χ0v) is 17.4. The molecule has 2 aliphatic rings. The Balaban J connectivity index is 1.47. The van der Waals surface area contributed by atoms with Crippen LogP contribution in [0.1, 0.15) is 29.7 Å². The second-order valence-electron chi connectivity index (χ2n) is 7.89. The Kier molecular flexibility index (Phi) is 5.63. The quantitative estimate of drug-likeness (QED) is 0.739. The molecule has 2 aliphatic heterocycles. The van der Waals surface area contributed by atoms with Gasteiger partial charge in [0.05, 0.1) is 24.8 Å². The molecule has 0 radical (unpaired) electrons. The third kappa shape index (κ3) is 3.92. The zero-order chi connectivity index (χ0) is 22.9. The maximum atomic E-state index is 13.2. The highest BCUT2D eigenvalue weighted by Gasteiger charge is 2.50. The second kappa shape index (κ2) is 8.40. The third-order valence-electron chi connectivity index (χ3n) is 5.80. The zero-order valence-electron chi connectivity index (χ0n) is 17.4. The fraction of sp³-hybridized carbons (Fsp3) is 0.304. The fourth-order valence-corrected chi connectivity index (χ4v) is 3.93. The molecule has 0 aliphatic carbocycles. The Hall–Kier alpha value is -3.77. The topological polar surface area (TPSA) is 103 Å². The van der Waals surface area contributed by atoms with Crippen LogP contribution in [0, 0.1) is 17.1 Å². The molecule has 164 valence electrons. The third-order valence-corrected chi connectivity index (χ3v) is 5.80. The number of morpholine rings is 1. The van der Waals surface area contributed by atoms with E-state index in [0.717, 1.165) is 10.5 Å². The standard InChI is InChI=1S/C23H21FN4O4/c1-23(17-4-2-3-15(11-17)12-25)21(30)28(22(31)26-23)14-20(29)27-9-10-32-19(13-27)16-5-7-18(24)8-6-16/h2-8,11,19H,9-10,13-14H2,1H3,(H,26,31). The van der Waals surface area contributed by atoms with Crippen LogP contribution in [0.25, 0.3) is 0 Å². The van der Waals surface area contributed by atoms with Gasteiger partial charge in [-0.2, -0.15) is 5.26 Å². The van der Waals surface area contributed by atoms with E-state index in [1.807, 2.05) is 6.07 Å². The molecule has 1 N–H and O–H groups in total. The lowest BCUT2D eigenvalue weighted by Crippen LogP contribution is -2.48. The molecule has 4 rings (SSSR count). The van der Waals surface area contributed by atoms with Gasteiger partial charge in [-0.15, -0.1) is 0 Å². The van der Waals surface area contributed by atoms with Crippen molar-refractivity contribution in [3.05, 3.63) is 71.0 Å². The summed E-state index contributed by atoms with van der Waals surface area (Å²) in [6.45, 7) is 1.98. The number of halogens is 1. The molecule has 2 aromatic carbocycles. The first-order valence-corrected chi connectivity index (χ1v) is 10.1. The summed E-state index contributed by atoms with van der Waals surface area (Å²) in [7, 11) is 0. The summed E-state index contributed by atoms with van der Waals surface area (Å²) >= 11 is 0. The van der Waals surface area contributed by atoms with E-state index in [1.165, 1.54) is 17.0 Å². The van der Waals surface area contributed by atoms with Crippen molar-refractivity contribution >= 4 is 17.8 Å². The number of hydrogen-bond acceptors (Lipinski definition) is 5. The molecule has 0 bridgehead atoms. The number of carbonyl (C=O) groups excluding carboxylic acids is 3. The Morgan fingerprint density at radius 3 is 2.75 bits per heavy atom. The largest absolute Gasteiger partial charge is 0.370 e. The number of nitriles is 1. The lowest BCUT2D eigenvalue weighted by atomic mass is 9.91. The molecule has 9 heteroatoms. The molecule has 2 fully saturated rings. The summed E-state index contributed by atoms with van der Waals surface area (Å²) in [5.74, 6) is -1.31. The van der Waals surface area contributed by atoms with E-state index in [-0.39, 0.29) is 24.9 Å². The lowest BCUT2D eigenvalue weighted by molar-refractivity contribution is -0.143. The minimum Gasteiger partial charge on any atom is -0.370 e. The second-order valence-corrected chi connectivity index (χ2v) is 7.89. The molecule has 0 saturated carbocycles. The highest BCUT2D eigenvalue weighted by molar-refractivity contribution is 6.09. The highest BCUT2D eigenvalue weighted by Crippen LogP contribution is 2.30. The van der Waals surface area contributed by atoms with Crippen molar-refractivity contribution in [2.45, 2.75) is 18.6 Å². The van der Waals surface area contributed by atoms with Gasteiger partial charge >= 0.3 is 6.03 Å². The molecule has 8 nitrogen and oxygen atoms in total. The number of rotatable bonds is 4. The van der Waals surface area contributed by atoms with Crippen LogP contribution in [0.4, 0.5) is 9.18 Å². The number of amides is 4. The van der Waals surface area contributed by atoms with Gasteiger partial charge in [-0.05, 0) is 42.3 Å². The lowest BCUT2D eigenvalue weighted by Gasteiger charge is -2.34. The van der Waals surface area contributed by atoms with Crippen LogP contribution in [0.5, 0.6) is 0 Å². The molecule has 2 heterocycles. The van der Waals surface area contributed by atoms with Gasteiger partial charge < -0.3 is 15.0 Å². The van der Waals surface area contributed by atoms with E-state index in [4.69, 9.17) is 10.00 Å². The van der Waals surface area contributed by atoms with Crippen LogP contribution in [0.2, 0.25) is 0 Å². The first-order chi connectivity index (χ1) is 15.3. The van der Waals surface area contributed by atoms with Crippen molar-refractivity contribution < 1.29 is 23.5 Å². The molecule has 0 spiro atoms. The Morgan fingerprint density at radius 2 is 2.03 bits per heavy atom. The molecule has 2 unspecified atom stereocenters. The summed E-state index contributed by atoms with van der Waals surface area (Å²) in [6.07, 6.45) is -0.421. The molecule has 2 saturated heterocycles. The molecule has 2 aromatic rings. The number of imide groups is 1. The average molecular weight is 436 g/mol. The van der Waals surface area contributed by atoms with Crippen molar-refractivity contribution in [3.63, 3.8) is 0 Å². The number of benzene rings is 2. The van der Waals surface area contributed by atoms with E-state index >= 15 is 0 Å². The smallest absolute Gasteiger partial charge is 0.325 e. The van der Waals surface area contributed by atoms with Crippen molar-refractivity contribution in [1.29, 1.82) is 5.26 Å². The number of hydrogen-bond donors (Lipinski definition) is 1. The first kappa shape index (κ1) is 21.5. The normalized spacial score (nSPS) is 23.1. The van der Waals surface area contributed by atoms with E-state index in [1.54, 1.807) is 43.3 Å². The maximum absolute atomic E-state index is 13.2. The summed E-state index contributed by atoms with van der Waals surface area (Å²) in [5, 5.41) is 11.8. The minimum absolute atomic E-state index is 0.232. The van der Waals surface area contributed by atoms with Crippen LogP contribution in [-0.2, 0) is 19.9 Å². The van der Waals surface area contributed by atoms with Gasteiger partial charge in [-0.3, -0.25) is 14.5 Å². The number of nitrogens with zero attached hydrogens (tertiary/aromatic N) is 3. The Labute approximate surface area is 184 Å². The highest BCUT2D eigenvalue weighted by atomic mass is 19.1. The Morgan fingerprint density at radius 1 is 1.28 bits per heavy atom. The number of ether oxygens (including phenoxy) is 1. The fourth-order valence-electron chi connectivity index (χ4n) is 3.93. The van der Waals surface area contributed by atoms with Crippen molar-refractivity contribution in [2.75, 3.05) is 26.2 Å². The molecular formula is C23H21FN4O4. The van der Waals surface area contributed by atoms with Gasteiger partial charge in [-0.1, -0.05) is 24.3 Å². The SMILES string of the molecule is CC1(c2cccc(C#N)c2)NC(=O)N(CC(=O)N2CCOC(c3ccc(F)cc3)C2)C1=O. The summed E-state index contributed by atoms with van der Waals surface area (Å²) in [5.41, 5.74) is 0.197. The van der Waals surface area contributed by atoms with Gasteiger partial charge in [0.1, 0.15) is 24.0 Å². The summed E-state index contributed by atoms with van der Waals surface area (Å²) in [6, 6.07) is 13.6. The van der Waals surface area contributed by atoms with Crippen molar-refractivity contribution in [3.8, 4) is 6.07 Å². The molecule has 32 heavy (non-hydrogen) atoms. The molecule has 4 amide bonds. The molecule has 0 aromatic heterocycles. The van der Waals surface area contributed by atoms with Crippen LogP contribution in [0.15, 0.2) is 48.5 Å². The molecular weight excluding hydrogens is 415 g/mol. The van der Waals surface area contributed by atoms with E-state index in [2.05, 4.69) is 5.32 Å². The van der Waals surface area contributed by atoms with Gasteiger partial charge in [0.2, 0.25) is 5.91 Å². The van der Waals surface area contributed by atoms with Crippen molar-refractivity contribution in [2.24, 2.45) is 0 Å². The van der Waals surface area contributed by atoms with E-state index in [9.17, 15) is 18.8 Å². The number of carbonyl (C=O) groups is 3. The summed E-state index contributed by atoms with van der Waals surface area (Å²) < 4.78 is 18.9. The van der Waals surface area contributed by atoms with E-state index < -0.39 is 30.1 Å². The van der Waals surface area contributed by atoms with Gasteiger partial charge in [0.15, 0.2) is 0 Å². The van der Waals surface area contributed by atoms with Crippen LogP contribution < -0.4 is 5.32 Å². The monoisotopic (exact) mass is 436 g/mol. The molecule has 2 atom stereocenters. The van der Waals surface area contributed by atoms with Gasteiger partial charge in [-0.25, -0.2) is 9.18 Å². The van der Waals surface area contributed by atoms with Gasteiger partial charge in [0.25, 0.3) is 5.91 Å². The average Bonchev–Trinajstić information content (AvgIpc) is 3.03. The number of nitrogens with one attached hydrogen (secondary N) is 1. The van der Waals surface area contributed by atoms with Gasteiger partial charge in [0, 0.05) is 6.54 Å². The predicted molar refractivity (Wildman–Crippen MR) is 110 cm³/mol.